The molecule has 0 radical (unpaired) electrons. The first-order valence-electron chi connectivity index (χ1n) is 6.36. The minimum atomic E-state index is 0.249. The highest BCUT2D eigenvalue weighted by Crippen LogP contribution is 2.29. The molecule has 3 nitrogen and oxygen atoms in total. The first kappa shape index (κ1) is 12.9. The largest absolute Gasteiger partial charge is 0.395 e. The molecule has 1 unspecified atom stereocenters. The summed E-state index contributed by atoms with van der Waals surface area (Å²) in [5.41, 5.74) is 0. The molecule has 3 heteroatoms. The summed E-state index contributed by atoms with van der Waals surface area (Å²) in [6.07, 6.45) is 4.02. The Morgan fingerprint density at radius 2 is 2.13 bits per heavy atom. The van der Waals surface area contributed by atoms with Crippen molar-refractivity contribution in [2.45, 2.75) is 39.2 Å². The lowest BCUT2D eigenvalue weighted by atomic mass is 10.2. The Bertz CT molecular complexity index is 160. The van der Waals surface area contributed by atoms with Crippen molar-refractivity contribution in [3.8, 4) is 0 Å². The lowest BCUT2D eigenvalue weighted by Gasteiger charge is -2.26. The van der Waals surface area contributed by atoms with E-state index in [2.05, 4.69) is 24.1 Å². The SMILES string of the molecule is CCCN(CC1CC1)CC(CO)NCC. The van der Waals surface area contributed by atoms with Crippen molar-refractivity contribution in [1.29, 1.82) is 0 Å². The zero-order chi connectivity index (χ0) is 11.1. The third-order valence-electron chi connectivity index (χ3n) is 2.94. The van der Waals surface area contributed by atoms with Gasteiger partial charge in [0.2, 0.25) is 0 Å². The van der Waals surface area contributed by atoms with Crippen LogP contribution in [0.2, 0.25) is 0 Å². The molecule has 0 saturated heterocycles. The van der Waals surface area contributed by atoms with Crippen LogP contribution in [-0.2, 0) is 0 Å². The zero-order valence-electron chi connectivity index (χ0n) is 10.2. The molecule has 0 aromatic carbocycles. The summed E-state index contributed by atoms with van der Waals surface area (Å²) in [7, 11) is 0. The number of hydrogen-bond acceptors (Lipinski definition) is 3. The molecule has 1 fully saturated rings. The van der Waals surface area contributed by atoms with Crippen molar-refractivity contribution < 1.29 is 5.11 Å². The molecule has 0 aromatic heterocycles. The van der Waals surface area contributed by atoms with Crippen LogP contribution in [0.15, 0.2) is 0 Å². The molecule has 1 aliphatic carbocycles. The molecule has 0 spiro atoms. The first-order valence-corrected chi connectivity index (χ1v) is 6.36. The molecule has 1 rings (SSSR count). The number of nitrogens with one attached hydrogen (secondary N) is 1. The van der Waals surface area contributed by atoms with Gasteiger partial charge in [0.05, 0.1) is 6.61 Å². The predicted octanol–water partition coefficient (Wildman–Crippen LogP) is 1.08. The standard InChI is InChI=1S/C12H26N2O/c1-3-7-14(8-11-5-6-11)9-12(10-15)13-4-2/h11-13,15H,3-10H2,1-2H3. The van der Waals surface area contributed by atoms with Crippen molar-refractivity contribution in [2.24, 2.45) is 5.92 Å². The highest BCUT2D eigenvalue weighted by atomic mass is 16.3. The topological polar surface area (TPSA) is 35.5 Å². The van der Waals surface area contributed by atoms with Crippen molar-refractivity contribution in [3.63, 3.8) is 0 Å². The summed E-state index contributed by atoms with van der Waals surface area (Å²) < 4.78 is 0. The molecule has 15 heavy (non-hydrogen) atoms. The van der Waals surface area contributed by atoms with E-state index in [9.17, 15) is 5.11 Å². The van der Waals surface area contributed by atoms with E-state index in [4.69, 9.17) is 0 Å². The highest BCUT2D eigenvalue weighted by Gasteiger charge is 2.24. The van der Waals surface area contributed by atoms with Gasteiger partial charge >= 0.3 is 0 Å². The van der Waals surface area contributed by atoms with E-state index >= 15 is 0 Å². The molecule has 90 valence electrons. The molecular formula is C12H26N2O. The molecule has 0 bridgehead atoms. The Kier molecular flexibility index (Phi) is 6.22. The molecule has 0 heterocycles. The molecule has 1 atom stereocenters. The fourth-order valence-corrected chi connectivity index (χ4v) is 2.03. The second-order valence-electron chi connectivity index (χ2n) is 4.64. The van der Waals surface area contributed by atoms with E-state index in [-0.39, 0.29) is 12.6 Å². The summed E-state index contributed by atoms with van der Waals surface area (Å²) in [6.45, 7) is 8.89. The Morgan fingerprint density at radius 1 is 1.40 bits per heavy atom. The normalized spacial score (nSPS) is 18.4. The van der Waals surface area contributed by atoms with Crippen LogP contribution in [0.1, 0.15) is 33.1 Å². The third kappa shape index (κ3) is 5.50. The average Bonchev–Trinajstić information content (AvgIpc) is 3.01. The first-order chi connectivity index (χ1) is 7.30. The maximum Gasteiger partial charge on any atom is 0.0597 e. The highest BCUT2D eigenvalue weighted by molar-refractivity contribution is 4.79. The number of hydrogen-bond donors (Lipinski definition) is 2. The van der Waals surface area contributed by atoms with Gasteiger partial charge in [0.25, 0.3) is 0 Å². The quantitative estimate of drug-likeness (QED) is 0.603. The van der Waals surface area contributed by atoms with Gasteiger partial charge in [-0.1, -0.05) is 13.8 Å². The van der Waals surface area contributed by atoms with Crippen LogP contribution < -0.4 is 5.32 Å². The zero-order valence-corrected chi connectivity index (χ0v) is 10.2. The molecule has 2 N–H and O–H groups in total. The summed E-state index contributed by atoms with van der Waals surface area (Å²) in [6, 6.07) is 0.250. The van der Waals surface area contributed by atoms with E-state index in [1.807, 2.05) is 0 Å². The lowest BCUT2D eigenvalue weighted by molar-refractivity contribution is 0.178. The van der Waals surface area contributed by atoms with Crippen LogP contribution in [0.4, 0.5) is 0 Å². The van der Waals surface area contributed by atoms with Crippen LogP contribution >= 0.6 is 0 Å². The monoisotopic (exact) mass is 214 g/mol. The third-order valence-corrected chi connectivity index (χ3v) is 2.94. The molecule has 0 aromatic rings. The second kappa shape index (κ2) is 7.20. The molecular weight excluding hydrogens is 188 g/mol. The van der Waals surface area contributed by atoms with Crippen molar-refractivity contribution in [2.75, 3.05) is 32.8 Å². The minimum absolute atomic E-state index is 0.249. The Labute approximate surface area is 93.9 Å². The van der Waals surface area contributed by atoms with Gasteiger partial charge < -0.3 is 15.3 Å². The van der Waals surface area contributed by atoms with Crippen LogP contribution in [0, 0.1) is 5.92 Å². The minimum Gasteiger partial charge on any atom is -0.395 e. The van der Waals surface area contributed by atoms with Gasteiger partial charge in [0.15, 0.2) is 0 Å². The number of likely N-dealkylation sites (N-methyl/N-ethyl adjacent to an activating group) is 1. The summed E-state index contributed by atoms with van der Waals surface area (Å²) in [4.78, 5) is 2.50. The van der Waals surface area contributed by atoms with Gasteiger partial charge in [-0.3, -0.25) is 0 Å². The van der Waals surface area contributed by atoms with E-state index in [0.717, 1.165) is 19.0 Å². The predicted molar refractivity (Wildman–Crippen MR) is 64.0 cm³/mol. The fourth-order valence-electron chi connectivity index (χ4n) is 2.03. The van der Waals surface area contributed by atoms with E-state index in [0.29, 0.717) is 0 Å². The lowest BCUT2D eigenvalue weighted by Crippen LogP contribution is -2.44. The van der Waals surface area contributed by atoms with Crippen molar-refractivity contribution >= 4 is 0 Å². The molecule has 1 aliphatic rings. The number of aliphatic hydroxyl groups is 1. The fraction of sp³-hybridized carbons (Fsp3) is 1.00. The van der Waals surface area contributed by atoms with Crippen LogP contribution in [0.5, 0.6) is 0 Å². The molecule has 0 aliphatic heterocycles. The van der Waals surface area contributed by atoms with Gasteiger partial charge in [-0.2, -0.15) is 0 Å². The summed E-state index contributed by atoms with van der Waals surface area (Å²) >= 11 is 0. The molecule has 0 amide bonds. The maximum absolute atomic E-state index is 9.23. The Morgan fingerprint density at radius 3 is 2.60 bits per heavy atom. The van der Waals surface area contributed by atoms with Gasteiger partial charge in [-0.25, -0.2) is 0 Å². The van der Waals surface area contributed by atoms with Crippen LogP contribution in [0.25, 0.3) is 0 Å². The number of rotatable bonds is 9. The van der Waals surface area contributed by atoms with E-state index in [1.54, 1.807) is 0 Å². The van der Waals surface area contributed by atoms with E-state index in [1.165, 1.54) is 32.4 Å². The summed E-state index contributed by atoms with van der Waals surface area (Å²) in [5, 5.41) is 12.6. The van der Waals surface area contributed by atoms with E-state index < -0.39 is 0 Å². The molecule has 1 saturated carbocycles. The van der Waals surface area contributed by atoms with Crippen molar-refractivity contribution in [1.82, 2.24) is 10.2 Å². The Hall–Kier alpha value is -0.120. The second-order valence-corrected chi connectivity index (χ2v) is 4.64. The average molecular weight is 214 g/mol. The van der Waals surface area contributed by atoms with Crippen LogP contribution in [0.3, 0.4) is 0 Å². The van der Waals surface area contributed by atoms with Crippen LogP contribution in [-0.4, -0.2) is 48.8 Å². The van der Waals surface area contributed by atoms with Gasteiger partial charge in [-0.15, -0.1) is 0 Å². The Balaban J connectivity index is 2.25. The smallest absolute Gasteiger partial charge is 0.0597 e. The van der Waals surface area contributed by atoms with Crippen molar-refractivity contribution in [3.05, 3.63) is 0 Å². The number of nitrogens with zero attached hydrogens (tertiary/aromatic N) is 1. The maximum atomic E-state index is 9.23. The van der Waals surface area contributed by atoms with Gasteiger partial charge in [-0.05, 0) is 38.3 Å². The van der Waals surface area contributed by atoms with Gasteiger partial charge in [0, 0.05) is 19.1 Å². The van der Waals surface area contributed by atoms with Gasteiger partial charge in [0.1, 0.15) is 0 Å². The summed E-state index contributed by atoms with van der Waals surface area (Å²) in [5.74, 6) is 0.942. The number of aliphatic hydroxyl groups excluding tert-OH is 1.